The molecule has 3 rings (SSSR count). The molecule has 2 N–H and O–H groups in total. The van der Waals surface area contributed by atoms with E-state index in [4.69, 9.17) is 0 Å². The molecule has 1 heterocycles. The monoisotopic (exact) mass is 352 g/mol. The van der Waals surface area contributed by atoms with Gasteiger partial charge >= 0.3 is 0 Å². The Morgan fingerprint density at radius 3 is 2.60 bits per heavy atom. The molecular weight excluding hydrogens is 340 g/mol. The summed E-state index contributed by atoms with van der Waals surface area (Å²) in [7, 11) is -3.57. The molecule has 0 radical (unpaired) electrons. The quantitative estimate of drug-likeness (QED) is 0.892. The highest BCUT2D eigenvalue weighted by atomic mass is 79.9. The smallest absolute Gasteiger partial charge is 0.261 e. The van der Waals surface area contributed by atoms with Crippen molar-refractivity contribution in [3.8, 4) is 0 Å². The number of fused-ring (bicyclic) bond motifs is 1. The van der Waals surface area contributed by atoms with Crippen molar-refractivity contribution < 1.29 is 8.42 Å². The Hall–Kier alpha value is -1.37. The van der Waals surface area contributed by atoms with Crippen LogP contribution in [0.5, 0.6) is 0 Å². The van der Waals surface area contributed by atoms with Gasteiger partial charge in [0, 0.05) is 17.6 Å². The van der Waals surface area contributed by atoms with E-state index in [2.05, 4.69) is 26.0 Å². The Labute approximate surface area is 126 Å². The average molecular weight is 353 g/mol. The molecule has 0 amide bonds. The van der Waals surface area contributed by atoms with Gasteiger partial charge in [-0.05, 0) is 51.3 Å². The molecular formula is C14H13BrN2O2S. The summed E-state index contributed by atoms with van der Waals surface area (Å²) in [5.74, 6) is 0. The van der Waals surface area contributed by atoms with Crippen molar-refractivity contribution in [1.29, 1.82) is 0 Å². The van der Waals surface area contributed by atoms with E-state index in [1.807, 2.05) is 12.1 Å². The second kappa shape index (κ2) is 5.20. The first-order chi connectivity index (χ1) is 9.56. The minimum Gasteiger partial charge on any atom is -0.309 e. The Bertz CT molecular complexity index is 760. The third-order valence-electron chi connectivity index (χ3n) is 3.24. The van der Waals surface area contributed by atoms with Crippen LogP contribution in [0.2, 0.25) is 0 Å². The number of hydrogen-bond acceptors (Lipinski definition) is 3. The second-order valence-corrected chi connectivity index (χ2v) is 7.16. The van der Waals surface area contributed by atoms with E-state index >= 15 is 0 Å². The van der Waals surface area contributed by atoms with Crippen LogP contribution in [0.4, 0.5) is 5.69 Å². The summed E-state index contributed by atoms with van der Waals surface area (Å²) < 4.78 is 28.1. The van der Waals surface area contributed by atoms with E-state index < -0.39 is 10.0 Å². The van der Waals surface area contributed by atoms with Crippen molar-refractivity contribution in [2.75, 3.05) is 4.72 Å². The minimum absolute atomic E-state index is 0.288. The minimum atomic E-state index is -3.57. The molecule has 0 aliphatic carbocycles. The highest BCUT2D eigenvalue weighted by Crippen LogP contribution is 2.26. The van der Waals surface area contributed by atoms with E-state index in [-0.39, 0.29) is 4.90 Å². The van der Waals surface area contributed by atoms with Gasteiger partial charge in [0.2, 0.25) is 0 Å². The normalized spacial score (nSPS) is 14.1. The summed E-state index contributed by atoms with van der Waals surface area (Å²) in [6, 6.07) is 12.4. The van der Waals surface area contributed by atoms with Crippen molar-refractivity contribution in [1.82, 2.24) is 5.32 Å². The summed E-state index contributed by atoms with van der Waals surface area (Å²) in [5.41, 5.74) is 2.73. The lowest BCUT2D eigenvalue weighted by molar-refractivity contribution is 0.601. The highest BCUT2D eigenvalue weighted by molar-refractivity contribution is 9.10. The number of anilines is 1. The molecule has 0 bridgehead atoms. The summed E-state index contributed by atoms with van der Waals surface area (Å²) in [6.45, 7) is 1.51. The molecule has 0 fully saturated rings. The second-order valence-electron chi connectivity index (χ2n) is 4.62. The van der Waals surface area contributed by atoms with Crippen LogP contribution in [-0.4, -0.2) is 8.42 Å². The maximum atomic E-state index is 12.4. The number of nitrogens with one attached hydrogen (secondary N) is 2. The number of sulfonamides is 1. The Morgan fingerprint density at radius 2 is 1.80 bits per heavy atom. The van der Waals surface area contributed by atoms with Gasteiger partial charge in [-0.25, -0.2) is 8.42 Å². The number of hydrogen-bond donors (Lipinski definition) is 2. The van der Waals surface area contributed by atoms with Gasteiger partial charge in [0.1, 0.15) is 0 Å². The molecule has 1 aliphatic heterocycles. The predicted octanol–water partition coefficient (Wildman–Crippen LogP) is 2.85. The highest BCUT2D eigenvalue weighted by Gasteiger charge is 2.18. The van der Waals surface area contributed by atoms with E-state index in [9.17, 15) is 8.42 Å². The zero-order chi connectivity index (χ0) is 14.2. The van der Waals surface area contributed by atoms with Crippen LogP contribution in [0.15, 0.2) is 51.8 Å². The lowest BCUT2D eigenvalue weighted by Gasteiger charge is -2.10. The predicted molar refractivity (Wildman–Crippen MR) is 81.9 cm³/mol. The fraction of sp³-hybridized carbons (Fsp3) is 0.143. The van der Waals surface area contributed by atoms with Crippen LogP contribution >= 0.6 is 15.9 Å². The van der Waals surface area contributed by atoms with Gasteiger partial charge in [-0.15, -0.1) is 0 Å². The Morgan fingerprint density at radius 1 is 1.05 bits per heavy atom. The summed E-state index contributed by atoms with van der Waals surface area (Å²) in [6.07, 6.45) is 0. The van der Waals surface area contributed by atoms with Gasteiger partial charge < -0.3 is 5.32 Å². The molecule has 0 unspecified atom stereocenters. The van der Waals surface area contributed by atoms with Gasteiger partial charge in [-0.3, -0.25) is 4.72 Å². The number of rotatable bonds is 3. The first-order valence-electron chi connectivity index (χ1n) is 6.16. The zero-order valence-corrected chi connectivity index (χ0v) is 13.0. The molecule has 104 valence electrons. The van der Waals surface area contributed by atoms with Gasteiger partial charge in [0.25, 0.3) is 10.0 Å². The molecule has 0 saturated carbocycles. The summed E-state index contributed by atoms with van der Waals surface area (Å²) in [5, 5.41) is 3.20. The van der Waals surface area contributed by atoms with Crippen molar-refractivity contribution >= 4 is 31.6 Å². The standard InChI is InChI=1S/C14H13BrN2O2S/c15-13-3-1-2-4-14(13)17-20(18,19)12-6-5-10-8-16-9-11(10)7-12/h1-7,16-17H,8-9H2. The molecule has 2 aromatic carbocycles. The average Bonchev–Trinajstić information content (AvgIpc) is 2.88. The van der Waals surface area contributed by atoms with Crippen molar-refractivity contribution in [3.05, 3.63) is 58.1 Å². The lowest BCUT2D eigenvalue weighted by Crippen LogP contribution is -2.13. The molecule has 6 heteroatoms. The van der Waals surface area contributed by atoms with Crippen LogP contribution in [0.3, 0.4) is 0 Å². The molecule has 4 nitrogen and oxygen atoms in total. The van der Waals surface area contributed by atoms with E-state index in [1.165, 1.54) is 0 Å². The lowest BCUT2D eigenvalue weighted by atomic mass is 10.1. The third kappa shape index (κ3) is 2.59. The third-order valence-corrected chi connectivity index (χ3v) is 5.29. The van der Waals surface area contributed by atoms with Crippen molar-refractivity contribution in [2.24, 2.45) is 0 Å². The van der Waals surface area contributed by atoms with Gasteiger partial charge in [-0.2, -0.15) is 0 Å². The van der Waals surface area contributed by atoms with Crippen LogP contribution < -0.4 is 10.0 Å². The molecule has 1 aliphatic rings. The number of halogens is 1. The van der Waals surface area contributed by atoms with Crippen LogP contribution in [-0.2, 0) is 23.1 Å². The SMILES string of the molecule is O=S(=O)(Nc1ccccc1Br)c1ccc2c(c1)CNC2. The van der Waals surface area contributed by atoms with Crippen LogP contribution in [0.25, 0.3) is 0 Å². The van der Waals surface area contributed by atoms with Gasteiger partial charge in [-0.1, -0.05) is 18.2 Å². The van der Waals surface area contributed by atoms with E-state index in [0.717, 1.165) is 17.7 Å². The van der Waals surface area contributed by atoms with E-state index in [0.29, 0.717) is 16.7 Å². The zero-order valence-electron chi connectivity index (χ0n) is 10.6. The number of benzene rings is 2. The molecule has 0 spiro atoms. The maximum absolute atomic E-state index is 12.4. The Balaban J connectivity index is 1.94. The van der Waals surface area contributed by atoms with Crippen LogP contribution in [0.1, 0.15) is 11.1 Å². The molecule has 0 saturated heterocycles. The van der Waals surface area contributed by atoms with E-state index in [1.54, 1.807) is 30.3 Å². The van der Waals surface area contributed by atoms with Gasteiger partial charge in [0.05, 0.1) is 10.6 Å². The largest absolute Gasteiger partial charge is 0.309 e. The van der Waals surface area contributed by atoms with Crippen molar-refractivity contribution in [2.45, 2.75) is 18.0 Å². The molecule has 0 aromatic heterocycles. The molecule has 20 heavy (non-hydrogen) atoms. The van der Waals surface area contributed by atoms with Gasteiger partial charge in [0.15, 0.2) is 0 Å². The first kappa shape index (κ1) is 13.6. The summed E-state index contributed by atoms with van der Waals surface area (Å²) in [4.78, 5) is 0.288. The topological polar surface area (TPSA) is 58.2 Å². The fourth-order valence-corrected chi connectivity index (χ4v) is 3.83. The fourth-order valence-electron chi connectivity index (χ4n) is 2.19. The Kier molecular flexibility index (Phi) is 3.54. The first-order valence-corrected chi connectivity index (χ1v) is 8.44. The summed E-state index contributed by atoms with van der Waals surface area (Å²) >= 11 is 3.33. The van der Waals surface area contributed by atoms with Crippen molar-refractivity contribution in [3.63, 3.8) is 0 Å². The number of para-hydroxylation sites is 1. The molecule has 2 aromatic rings. The maximum Gasteiger partial charge on any atom is 0.261 e. The van der Waals surface area contributed by atoms with Crippen LogP contribution in [0, 0.1) is 0 Å². The molecule has 0 atom stereocenters.